The van der Waals surface area contributed by atoms with E-state index in [4.69, 9.17) is 9.47 Å². The summed E-state index contributed by atoms with van der Waals surface area (Å²) in [7, 11) is 1.46. The van der Waals surface area contributed by atoms with Crippen molar-refractivity contribution in [3.05, 3.63) is 28.7 Å². The summed E-state index contributed by atoms with van der Waals surface area (Å²) in [5, 5.41) is 0. The fourth-order valence-corrected chi connectivity index (χ4v) is 3.67. The second-order valence-electron chi connectivity index (χ2n) is 6.54. The predicted molar refractivity (Wildman–Crippen MR) is 85.6 cm³/mol. The Kier molecular flexibility index (Phi) is 4.71. The summed E-state index contributed by atoms with van der Waals surface area (Å²) in [5.41, 5.74) is -0.0490. The summed E-state index contributed by atoms with van der Waals surface area (Å²) in [6.07, 6.45) is 5.88. The second-order valence-corrected chi connectivity index (χ2v) is 6.54. The molecule has 0 atom stereocenters. The van der Waals surface area contributed by atoms with Gasteiger partial charge in [0.25, 0.3) is 5.56 Å². The van der Waals surface area contributed by atoms with Crippen LogP contribution in [0.4, 0.5) is 0 Å². The van der Waals surface area contributed by atoms with Gasteiger partial charge in [-0.2, -0.15) is 0 Å². The number of ether oxygens (including phenoxy) is 2. The zero-order valence-electron chi connectivity index (χ0n) is 13.6. The van der Waals surface area contributed by atoms with E-state index < -0.39 is 0 Å². The number of methoxy groups -OCH3 is 1. The van der Waals surface area contributed by atoms with Crippen molar-refractivity contribution in [2.75, 3.05) is 33.4 Å². The van der Waals surface area contributed by atoms with E-state index in [-0.39, 0.29) is 29.2 Å². The average molecular weight is 320 g/mol. The Balaban J connectivity index is 1.69. The summed E-state index contributed by atoms with van der Waals surface area (Å²) in [6.45, 7) is 3.21. The molecule has 2 aliphatic heterocycles. The summed E-state index contributed by atoms with van der Waals surface area (Å²) < 4.78 is 11.9. The number of carbonyl (C=O) groups is 1. The van der Waals surface area contributed by atoms with Gasteiger partial charge in [0.1, 0.15) is 6.54 Å². The summed E-state index contributed by atoms with van der Waals surface area (Å²) in [5.74, 6) is 0.269. The number of hydrogen-bond acceptors (Lipinski definition) is 4. The molecule has 1 spiro atoms. The normalized spacial score (nSPS) is 20.5. The lowest BCUT2D eigenvalue weighted by Crippen LogP contribution is -2.49. The molecule has 0 bridgehead atoms. The van der Waals surface area contributed by atoms with Gasteiger partial charge in [-0.25, -0.2) is 0 Å². The second kappa shape index (κ2) is 6.74. The van der Waals surface area contributed by atoms with E-state index in [1.54, 1.807) is 18.3 Å². The van der Waals surface area contributed by atoms with Gasteiger partial charge < -0.3 is 18.9 Å². The molecule has 0 aromatic carbocycles. The number of amides is 1. The molecule has 1 aromatic heterocycles. The highest BCUT2D eigenvalue weighted by Gasteiger charge is 2.38. The minimum atomic E-state index is -0.263. The number of carbonyl (C=O) groups excluding carboxylic acids is 1. The third-order valence-corrected chi connectivity index (χ3v) is 5.08. The molecule has 0 saturated carbocycles. The highest BCUT2D eigenvalue weighted by molar-refractivity contribution is 5.76. The van der Waals surface area contributed by atoms with E-state index in [0.717, 1.165) is 45.6 Å². The van der Waals surface area contributed by atoms with Crippen LogP contribution in [0.15, 0.2) is 23.1 Å². The molecule has 3 heterocycles. The van der Waals surface area contributed by atoms with E-state index in [2.05, 4.69) is 0 Å². The number of nitrogens with zero attached hydrogens (tertiary/aromatic N) is 2. The SMILES string of the molecule is COc1cccn(CC(=O)N2CCCC3(CCOCC3)C2)c1=O. The molecular weight excluding hydrogens is 296 g/mol. The van der Waals surface area contributed by atoms with Gasteiger partial charge >= 0.3 is 0 Å². The topological polar surface area (TPSA) is 60.8 Å². The lowest BCUT2D eigenvalue weighted by Gasteiger charge is -2.45. The van der Waals surface area contributed by atoms with Crippen LogP contribution in [0.1, 0.15) is 25.7 Å². The summed E-state index contributed by atoms with van der Waals surface area (Å²) >= 11 is 0. The van der Waals surface area contributed by atoms with Crippen LogP contribution in [0.2, 0.25) is 0 Å². The molecule has 0 radical (unpaired) electrons. The van der Waals surface area contributed by atoms with Crippen molar-refractivity contribution in [3.8, 4) is 5.75 Å². The Morgan fingerprint density at radius 3 is 2.87 bits per heavy atom. The molecule has 3 rings (SSSR count). The smallest absolute Gasteiger partial charge is 0.293 e. The van der Waals surface area contributed by atoms with Gasteiger partial charge in [-0.3, -0.25) is 9.59 Å². The molecule has 6 heteroatoms. The van der Waals surface area contributed by atoms with Crippen LogP contribution in [0.3, 0.4) is 0 Å². The number of aromatic nitrogens is 1. The van der Waals surface area contributed by atoms with Gasteiger partial charge in [-0.1, -0.05) is 0 Å². The zero-order chi connectivity index (χ0) is 16.3. The van der Waals surface area contributed by atoms with Crippen molar-refractivity contribution in [2.24, 2.45) is 5.41 Å². The lowest BCUT2D eigenvalue weighted by molar-refractivity contribution is -0.137. The minimum absolute atomic E-state index is 0.00548. The van der Waals surface area contributed by atoms with Crippen molar-refractivity contribution in [1.82, 2.24) is 9.47 Å². The first-order chi connectivity index (χ1) is 11.1. The zero-order valence-corrected chi connectivity index (χ0v) is 13.6. The Bertz CT molecular complexity index is 614. The van der Waals surface area contributed by atoms with E-state index in [9.17, 15) is 9.59 Å². The van der Waals surface area contributed by atoms with Crippen molar-refractivity contribution >= 4 is 5.91 Å². The van der Waals surface area contributed by atoms with Crippen LogP contribution >= 0.6 is 0 Å². The maximum atomic E-state index is 12.6. The Hall–Kier alpha value is -1.82. The standard InChI is InChI=1S/C17H24N2O4/c1-22-14-4-2-8-18(16(14)21)12-15(20)19-9-3-5-17(13-19)6-10-23-11-7-17/h2,4,8H,3,5-7,9-13H2,1H3. The molecule has 0 aliphatic carbocycles. The highest BCUT2D eigenvalue weighted by atomic mass is 16.5. The van der Waals surface area contributed by atoms with Gasteiger partial charge in [0.15, 0.2) is 5.75 Å². The fraction of sp³-hybridized carbons (Fsp3) is 0.647. The molecule has 1 aromatic rings. The van der Waals surface area contributed by atoms with Gasteiger partial charge in [0, 0.05) is 32.5 Å². The lowest BCUT2D eigenvalue weighted by atomic mass is 9.74. The first-order valence-electron chi connectivity index (χ1n) is 8.23. The molecular formula is C17H24N2O4. The average Bonchev–Trinajstić information content (AvgIpc) is 2.57. The summed E-state index contributed by atoms with van der Waals surface area (Å²) in [6, 6.07) is 3.34. The third kappa shape index (κ3) is 3.42. The van der Waals surface area contributed by atoms with Crippen LogP contribution in [-0.2, 0) is 16.1 Å². The molecule has 2 saturated heterocycles. The third-order valence-electron chi connectivity index (χ3n) is 5.08. The number of likely N-dealkylation sites (tertiary alicyclic amines) is 1. The quantitative estimate of drug-likeness (QED) is 0.842. The molecule has 2 aliphatic rings. The fourth-order valence-electron chi connectivity index (χ4n) is 3.67. The van der Waals surface area contributed by atoms with Crippen molar-refractivity contribution < 1.29 is 14.3 Å². The van der Waals surface area contributed by atoms with E-state index in [0.29, 0.717) is 0 Å². The van der Waals surface area contributed by atoms with Gasteiger partial charge in [-0.15, -0.1) is 0 Å². The van der Waals surface area contributed by atoms with E-state index in [1.165, 1.54) is 18.1 Å². The molecule has 126 valence electrons. The summed E-state index contributed by atoms with van der Waals surface area (Å²) in [4.78, 5) is 26.7. The van der Waals surface area contributed by atoms with Crippen molar-refractivity contribution in [1.29, 1.82) is 0 Å². The largest absolute Gasteiger partial charge is 0.491 e. The van der Waals surface area contributed by atoms with Crippen molar-refractivity contribution in [2.45, 2.75) is 32.2 Å². The minimum Gasteiger partial charge on any atom is -0.491 e. The molecule has 1 amide bonds. The van der Waals surface area contributed by atoms with Crippen LogP contribution in [-0.4, -0.2) is 48.8 Å². The first-order valence-corrected chi connectivity index (χ1v) is 8.23. The molecule has 2 fully saturated rings. The van der Waals surface area contributed by atoms with E-state index >= 15 is 0 Å². The molecule has 6 nitrogen and oxygen atoms in total. The highest BCUT2D eigenvalue weighted by Crippen LogP contribution is 2.39. The Morgan fingerprint density at radius 1 is 1.35 bits per heavy atom. The van der Waals surface area contributed by atoms with Gasteiger partial charge in [0.2, 0.25) is 5.91 Å². The van der Waals surface area contributed by atoms with Gasteiger partial charge in [0.05, 0.1) is 7.11 Å². The van der Waals surface area contributed by atoms with Gasteiger partial charge in [-0.05, 0) is 43.2 Å². The van der Waals surface area contributed by atoms with Crippen LogP contribution < -0.4 is 10.3 Å². The Labute approximate surface area is 136 Å². The Morgan fingerprint density at radius 2 is 2.13 bits per heavy atom. The van der Waals surface area contributed by atoms with Crippen LogP contribution in [0.5, 0.6) is 5.75 Å². The first kappa shape index (κ1) is 16.1. The maximum absolute atomic E-state index is 12.6. The molecule has 23 heavy (non-hydrogen) atoms. The number of piperidine rings is 1. The monoisotopic (exact) mass is 320 g/mol. The number of rotatable bonds is 3. The van der Waals surface area contributed by atoms with Crippen molar-refractivity contribution in [3.63, 3.8) is 0 Å². The van der Waals surface area contributed by atoms with Crippen LogP contribution in [0.25, 0.3) is 0 Å². The molecule has 0 unspecified atom stereocenters. The maximum Gasteiger partial charge on any atom is 0.293 e. The number of hydrogen-bond donors (Lipinski definition) is 0. The molecule has 0 N–H and O–H groups in total. The van der Waals surface area contributed by atoms with E-state index in [1.807, 2.05) is 4.90 Å². The van der Waals surface area contributed by atoms with Crippen LogP contribution in [0, 0.1) is 5.41 Å². The number of pyridine rings is 1. The predicted octanol–water partition coefficient (Wildman–Crippen LogP) is 1.28.